The van der Waals surface area contributed by atoms with Gasteiger partial charge in [-0.25, -0.2) is 0 Å². The molecule has 1 unspecified atom stereocenters. The minimum absolute atomic E-state index is 0.355. The van der Waals surface area contributed by atoms with Gasteiger partial charge in [-0.15, -0.1) is 0 Å². The fourth-order valence-electron chi connectivity index (χ4n) is 1.90. The summed E-state index contributed by atoms with van der Waals surface area (Å²) in [5.74, 6) is 0.883. The molecule has 0 bridgehead atoms. The molecule has 1 heterocycles. The molecule has 0 aromatic carbocycles. The highest BCUT2D eigenvalue weighted by Gasteiger charge is 2.58. The highest BCUT2D eigenvalue weighted by Crippen LogP contribution is 2.59. The second-order valence-corrected chi connectivity index (χ2v) is 3.62. The van der Waals surface area contributed by atoms with Crippen molar-refractivity contribution >= 4 is 0 Å². The molecule has 2 rings (SSSR count). The minimum Gasteiger partial charge on any atom is -0.396 e. The predicted molar refractivity (Wildman–Crippen MR) is 37.7 cm³/mol. The Morgan fingerprint density at radius 2 is 2.30 bits per heavy atom. The lowest BCUT2D eigenvalue weighted by Gasteiger charge is -2.27. The fourth-order valence-corrected chi connectivity index (χ4v) is 1.90. The summed E-state index contributed by atoms with van der Waals surface area (Å²) in [6.45, 7) is 2.33. The largest absolute Gasteiger partial charge is 0.396 e. The summed E-state index contributed by atoms with van der Waals surface area (Å²) in [7, 11) is 0. The second-order valence-electron chi connectivity index (χ2n) is 3.62. The van der Waals surface area contributed by atoms with E-state index in [-0.39, 0.29) is 0 Å². The van der Waals surface area contributed by atoms with Crippen LogP contribution in [-0.4, -0.2) is 24.9 Å². The van der Waals surface area contributed by atoms with Crippen LogP contribution < -0.4 is 0 Å². The normalized spacial score (nSPS) is 33.9. The first kappa shape index (κ1) is 6.62. The van der Waals surface area contributed by atoms with Gasteiger partial charge in [0.1, 0.15) is 0 Å². The van der Waals surface area contributed by atoms with Gasteiger partial charge in [0.15, 0.2) is 0 Å². The van der Waals surface area contributed by atoms with Crippen LogP contribution in [0.25, 0.3) is 0 Å². The van der Waals surface area contributed by atoms with Crippen LogP contribution in [0.15, 0.2) is 0 Å². The van der Waals surface area contributed by atoms with Crippen LogP contribution in [-0.2, 0) is 4.74 Å². The number of hydrogen-bond donors (Lipinski definition) is 1. The minimum atomic E-state index is 0.355. The zero-order valence-electron chi connectivity index (χ0n) is 6.18. The predicted octanol–water partition coefficient (Wildman–Crippen LogP) is 0.795. The van der Waals surface area contributed by atoms with Crippen molar-refractivity contribution in [2.75, 3.05) is 19.8 Å². The van der Waals surface area contributed by atoms with Crippen molar-refractivity contribution in [1.82, 2.24) is 0 Å². The monoisotopic (exact) mass is 142 g/mol. The first-order valence-corrected chi connectivity index (χ1v) is 4.06. The summed E-state index contributed by atoms with van der Waals surface area (Å²) in [5.41, 5.74) is 0.606. The van der Waals surface area contributed by atoms with E-state index in [0.717, 1.165) is 25.6 Å². The van der Waals surface area contributed by atoms with Crippen molar-refractivity contribution in [3.8, 4) is 0 Å². The van der Waals surface area contributed by atoms with Crippen molar-refractivity contribution in [1.29, 1.82) is 0 Å². The van der Waals surface area contributed by atoms with E-state index in [4.69, 9.17) is 9.84 Å². The van der Waals surface area contributed by atoms with E-state index in [0.29, 0.717) is 12.0 Å². The molecule has 2 fully saturated rings. The van der Waals surface area contributed by atoms with Gasteiger partial charge >= 0.3 is 0 Å². The fraction of sp³-hybridized carbons (Fsp3) is 1.00. The highest BCUT2D eigenvalue weighted by molar-refractivity contribution is 5.06. The van der Waals surface area contributed by atoms with E-state index in [1.807, 2.05) is 0 Å². The van der Waals surface area contributed by atoms with Crippen molar-refractivity contribution < 1.29 is 9.84 Å². The number of ether oxygens (including phenoxy) is 1. The molecular weight excluding hydrogens is 128 g/mol. The van der Waals surface area contributed by atoms with E-state index >= 15 is 0 Å². The molecule has 0 amide bonds. The lowest BCUT2D eigenvalue weighted by atomic mass is 10.00. The Morgan fingerprint density at radius 1 is 1.50 bits per heavy atom. The van der Waals surface area contributed by atoms with Gasteiger partial charge in [0.25, 0.3) is 0 Å². The van der Waals surface area contributed by atoms with E-state index in [2.05, 4.69) is 0 Å². The third-order valence-corrected chi connectivity index (χ3v) is 2.85. The van der Waals surface area contributed by atoms with E-state index in [1.54, 1.807) is 0 Å². The van der Waals surface area contributed by atoms with Gasteiger partial charge in [-0.2, -0.15) is 0 Å². The maximum absolute atomic E-state index is 8.57. The van der Waals surface area contributed by atoms with Gasteiger partial charge in [-0.1, -0.05) is 0 Å². The Balaban J connectivity index is 1.69. The number of aliphatic hydroxyl groups excluding tert-OH is 1. The van der Waals surface area contributed by atoms with Gasteiger partial charge in [-0.3, -0.25) is 0 Å². The van der Waals surface area contributed by atoms with Crippen LogP contribution in [0, 0.1) is 11.3 Å². The molecule has 0 aromatic heterocycles. The lowest BCUT2D eigenvalue weighted by molar-refractivity contribution is -0.0596. The molecule has 2 heteroatoms. The zero-order chi connectivity index (χ0) is 7.03. The third-order valence-electron chi connectivity index (χ3n) is 2.85. The molecule has 1 spiro atoms. The molecule has 1 saturated heterocycles. The summed E-state index contributed by atoms with van der Waals surface area (Å²) >= 11 is 0. The van der Waals surface area contributed by atoms with E-state index in [9.17, 15) is 0 Å². The maximum Gasteiger partial charge on any atom is 0.0547 e. The molecule has 0 radical (unpaired) electrons. The van der Waals surface area contributed by atoms with Crippen LogP contribution >= 0.6 is 0 Å². The quantitative estimate of drug-likeness (QED) is 0.631. The summed E-state index contributed by atoms with van der Waals surface area (Å²) in [4.78, 5) is 0. The first-order chi connectivity index (χ1) is 4.87. The molecule has 2 nitrogen and oxygen atoms in total. The molecule has 10 heavy (non-hydrogen) atoms. The third kappa shape index (κ3) is 0.867. The SMILES string of the molecule is OCCCC1CC12COC2. The van der Waals surface area contributed by atoms with Gasteiger partial charge in [0.2, 0.25) is 0 Å². The average molecular weight is 142 g/mol. The molecule has 1 N–H and O–H groups in total. The Hall–Kier alpha value is -0.0800. The molecule has 1 aliphatic carbocycles. The van der Waals surface area contributed by atoms with Crippen LogP contribution in [0.5, 0.6) is 0 Å². The molecule has 1 aliphatic heterocycles. The van der Waals surface area contributed by atoms with Gasteiger partial charge in [0.05, 0.1) is 13.2 Å². The van der Waals surface area contributed by atoms with Crippen LogP contribution in [0.3, 0.4) is 0 Å². The van der Waals surface area contributed by atoms with Crippen LogP contribution in [0.2, 0.25) is 0 Å². The van der Waals surface area contributed by atoms with Gasteiger partial charge in [0, 0.05) is 12.0 Å². The summed E-state index contributed by atoms with van der Waals surface area (Å²) in [6, 6.07) is 0. The van der Waals surface area contributed by atoms with Crippen molar-refractivity contribution in [2.24, 2.45) is 11.3 Å². The smallest absolute Gasteiger partial charge is 0.0547 e. The molecule has 0 aromatic rings. The number of hydrogen-bond acceptors (Lipinski definition) is 2. The summed E-state index contributed by atoms with van der Waals surface area (Å²) < 4.78 is 5.15. The first-order valence-electron chi connectivity index (χ1n) is 4.06. The molecule has 1 saturated carbocycles. The maximum atomic E-state index is 8.57. The Bertz CT molecular complexity index is 129. The lowest BCUT2D eigenvalue weighted by Crippen LogP contribution is -2.31. The van der Waals surface area contributed by atoms with Crippen molar-refractivity contribution in [2.45, 2.75) is 19.3 Å². The standard InChI is InChI=1S/C8H14O2/c9-3-1-2-7-4-8(7)5-10-6-8/h7,9H,1-6H2. The van der Waals surface area contributed by atoms with Crippen molar-refractivity contribution in [3.05, 3.63) is 0 Å². The number of aliphatic hydroxyl groups is 1. The molecule has 58 valence electrons. The molecular formula is C8H14O2. The van der Waals surface area contributed by atoms with Crippen LogP contribution in [0.4, 0.5) is 0 Å². The summed E-state index contributed by atoms with van der Waals surface area (Å²) in [5, 5.41) is 8.57. The van der Waals surface area contributed by atoms with E-state index < -0.39 is 0 Å². The topological polar surface area (TPSA) is 29.5 Å². The average Bonchev–Trinajstić information content (AvgIpc) is 2.56. The van der Waals surface area contributed by atoms with E-state index in [1.165, 1.54) is 12.8 Å². The Kier molecular flexibility index (Phi) is 1.46. The summed E-state index contributed by atoms with van der Waals surface area (Å²) in [6.07, 6.45) is 3.54. The van der Waals surface area contributed by atoms with Gasteiger partial charge in [-0.05, 0) is 25.2 Å². The second kappa shape index (κ2) is 2.21. The molecule has 2 aliphatic rings. The van der Waals surface area contributed by atoms with Crippen LogP contribution in [0.1, 0.15) is 19.3 Å². The Labute approximate surface area is 61.2 Å². The van der Waals surface area contributed by atoms with Gasteiger partial charge < -0.3 is 9.84 Å². The Morgan fingerprint density at radius 3 is 2.70 bits per heavy atom. The number of rotatable bonds is 3. The van der Waals surface area contributed by atoms with Crippen molar-refractivity contribution in [3.63, 3.8) is 0 Å². The zero-order valence-corrected chi connectivity index (χ0v) is 6.18. The molecule has 1 atom stereocenters. The highest BCUT2D eigenvalue weighted by atomic mass is 16.5.